The van der Waals surface area contributed by atoms with Gasteiger partial charge in [0.2, 0.25) is 5.91 Å². The number of benzene rings is 1. The molecule has 0 saturated carbocycles. The minimum absolute atomic E-state index is 0.121. The third-order valence-corrected chi connectivity index (χ3v) is 3.15. The van der Waals surface area contributed by atoms with Gasteiger partial charge >= 0.3 is 0 Å². The maximum atomic E-state index is 12.2. The topological polar surface area (TPSA) is 70.7 Å². The SMILES string of the molecule is CCOc1ccc(C(=O)N(C)C)cc1NC(=O)C(C)CNC. The lowest BCUT2D eigenvalue weighted by Gasteiger charge is -2.17. The summed E-state index contributed by atoms with van der Waals surface area (Å²) in [6, 6.07) is 5.05. The first kappa shape index (κ1) is 18.0. The molecule has 0 radical (unpaired) electrons. The Bertz CT molecular complexity index is 529. The van der Waals surface area contributed by atoms with Gasteiger partial charge in [0.25, 0.3) is 5.91 Å². The highest BCUT2D eigenvalue weighted by molar-refractivity contribution is 5.98. The summed E-state index contributed by atoms with van der Waals surface area (Å²) in [4.78, 5) is 25.7. The molecule has 1 atom stereocenters. The Balaban J connectivity index is 3.04. The number of carbonyl (C=O) groups is 2. The van der Waals surface area contributed by atoms with Crippen molar-refractivity contribution in [2.24, 2.45) is 5.92 Å². The number of nitrogens with zero attached hydrogens (tertiary/aromatic N) is 1. The zero-order valence-corrected chi connectivity index (χ0v) is 13.9. The van der Waals surface area contributed by atoms with Crippen molar-refractivity contribution in [2.45, 2.75) is 13.8 Å². The molecular weight excluding hydrogens is 282 g/mol. The Labute approximate surface area is 131 Å². The maximum Gasteiger partial charge on any atom is 0.253 e. The Morgan fingerprint density at radius 2 is 2.00 bits per heavy atom. The Morgan fingerprint density at radius 3 is 2.55 bits per heavy atom. The molecule has 0 aliphatic rings. The van der Waals surface area contributed by atoms with Crippen LogP contribution in [-0.4, -0.2) is 51.0 Å². The van der Waals surface area contributed by atoms with Crippen molar-refractivity contribution in [3.63, 3.8) is 0 Å². The summed E-state index contributed by atoms with van der Waals surface area (Å²) in [6.07, 6.45) is 0. The van der Waals surface area contributed by atoms with Crippen molar-refractivity contribution in [2.75, 3.05) is 39.6 Å². The number of hydrogen-bond acceptors (Lipinski definition) is 4. The molecule has 0 spiro atoms. The number of anilines is 1. The lowest BCUT2D eigenvalue weighted by atomic mass is 10.1. The van der Waals surface area contributed by atoms with Crippen LogP contribution in [0.4, 0.5) is 5.69 Å². The van der Waals surface area contributed by atoms with Crippen molar-refractivity contribution in [1.82, 2.24) is 10.2 Å². The Morgan fingerprint density at radius 1 is 1.32 bits per heavy atom. The van der Waals surface area contributed by atoms with Crippen LogP contribution < -0.4 is 15.4 Å². The van der Waals surface area contributed by atoms with Gasteiger partial charge in [-0.3, -0.25) is 9.59 Å². The van der Waals surface area contributed by atoms with Gasteiger partial charge in [-0.1, -0.05) is 6.92 Å². The van der Waals surface area contributed by atoms with Crippen LogP contribution in [0.25, 0.3) is 0 Å². The minimum atomic E-state index is -0.187. The summed E-state index contributed by atoms with van der Waals surface area (Å²) in [6.45, 7) is 4.76. The second kappa shape index (κ2) is 8.38. The number of carbonyl (C=O) groups excluding carboxylic acids is 2. The normalized spacial score (nSPS) is 11.7. The first-order valence-electron chi connectivity index (χ1n) is 7.34. The predicted octanol–water partition coefficient (Wildman–Crippen LogP) is 1.58. The summed E-state index contributed by atoms with van der Waals surface area (Å²) < 4.78 is 5.52. The summed E-state index contributed by atoms with van der Waals surface area (Å²) >= 11 is 0. The molecule has 122 valence electrons. The molecule has 1 aromatic carbocycles. The van der Waals surface area contributed by atoms with Crippen LogP contribution in [0, 0.1) is 5.92 Å². The number of nitrogens with one attached hydrogen (secondary N) is 2. The summed E-state index contributed by atoms with van der Waals surface area (Å²) in [7, 11) is 5.17. The van der Waals surface area contributed by atoms with Crippen molar-refractivity contribution in [3.05, 3.63) is 23.8 Å². The molecule has 0 fully saturated rings. The summed E-state index contributed by atoms with van der Waals surface area (Å²) in [5, 5.41) is 5.81. The van der Waals surface area contributed by atoms with Crippen LogP contribution in [0.3, 0.4) is 0 Å². The average Bonchev–Trinajstić information content (AvgIpc) is 2.48. The smallest absolute Gasteiger partial charge is 0.253 e. The van der Waals surface area contributed by atoms with E-state index in [1.165, 1.54) is 4.90 Å². The van der Waals surface area contributed by atoms with Gasteiger partial charge in [-0.15, -0.1) is 0 Å². The molecule has 0 heterocycles. The van der Waals surface area contributed by atoms with E-state index in [-0.39, 0.29) is 17.7 Å². The molecule has 0 bridgehead atoms. The fourth-order valence-corrected chi connectivity index (χ4v) is 1.96. The highest BCUT2D eigenvalue weighted by Gasteiger charge is 2.17. The zero-order valence-electron chi connectivity index (χ0n) is 13.9. The largest absolute Gasteiger partial charge is 0.492 e. The fourth-order valence-electron chi connectivity index (χ4n) is 1.96. The van der Waals surface area contributed by atoms with Crippen LogP contribution >= 0.6 is 0 Å². The van der Waals surface area contributed by atoms with Crippen LogP contribution in [0.15, 0.2) is 18.2 Å². The zero-order chi connectivity index (χ0) is 16.7. The predicted molar refractivity (Wildman–Crippen MR) is 87.3 cm³/mol. The molecule has 2 N–H and O–H groups in total. The van der Waals surface area contributed by atoms with Crippen molar-refractivity contribution in [3.8, 4) is 5.75 Å². The van der Waals surface area contributed by atoms with E-state index in [1.54, 1.807) is 39.3 Å². The van der Waals surface area contributed by atoms with E-state index in [1.807, 2.05) is 13.8 Å². The van der Waals surface area contributed by atoms with E-state index in [0.717, 1.165) is 0 Å². The number of ether oxygens (including phenoxy) is 1. The number of rotatable bonds is 7. The van der Waals surface area contributed by atoms with Gasteiger partial charge in [-0.25, -0.2) is 0 Å². The molecule has 1 rings (SSSR count). The quantitative estimate of drug-likeness (QED) is 0.802. The van der Waals surface area contributed by atoms with E-state index in [9.17, 15) is 9.59 Å². The van der Waals surface area contributed by atoms with E-state index in [2.05, 4.69) is 10.6 Å². The highest BCUT2D eigenvalue weighted by atomic mass is 16.5. The van der Waals surface area contributed by atoms with Gasteiger partial charge in [0.15, 0.2) is 0 Å². The summed E-state index contributed by atoms with van der Waals surface area (Å²) in [5.41, 5.74) is 1.02. The Hall–Kier alpha value is -2.08. The molecule has 6 nitrogen and oxygen atoms in total. The third kappa shape index (κ3) is 4.73. The van der Waals surface area contributed by atoms with E-state index in [4.69, 9.17) is 4.74 Å². The van der Waals surface area contributed by atoms with E-state index in [0.29, 0.717) is 30.2 Å². The molecular formula is C16H25N3O3. The Kier molecular flexibility index (Phi) is 6.85. The minimum Gasteiger partial charge on any atom is -0.492 e. The van der Waals surface area contributed by atoms with Crippen molar-refractivity contribution < 1.29 is 14.3 Å². The second-order valence-electron chi connectivity index (χ2n) is 5.29. The number of amides is 2. The molecule has 6 heteroatoms. The second-order valence-corrected chi connectivity index (χ2v) is 5.29. The number of hydrogen-bond donors (Lipinski definition) is 2. The van der Waals surface area contributed by atoms with Crippen LogP contribution in [0.2, 0.25) is 0 Å². The van der Waals surface area contributed by atoms with Gasteiger partial charge in [0.1, 0.15) is 5.75 Å². The van der Waals surface area contributed by atoms with Crippen LogP contribution in [-0.2, 0) is 4.79 Å². The molecule has 1 unspecified atom stereocenters. The van der Waals surface area contributed by atoms with E-state index < -0.39 is 0 Å². The van der Waals surface area contributed by atoms with Crippen LogP contribution in [0.5, 0.6) is 5.75 Å². The molecule has 0 aromatic heterocycles. The maximum absolute atomic E-state index is 12.2. The molecule has 2 amide bonds. The van der Waals surface area contributed by atoms with Gasteiger partial charge in [0.05, 0.1) is 12.3 Å². The van der Waals surface area contributed by atoms with Gasteiger partial charge in [0, 0.05) is 32.1 Å². The lowest BCUT2D eigenvalue weighted by Crippen LogP contribution is -2.29. The average molecular weight is 307 g/mol. The molecule has 0 aliphatic heterocycles. The van der Waals surface area contributed by atoms with Gasteiger partial charge in [-0.05, 0) is 32.2 Å². The fraction of sp³-hybridized carbons (Fsp3) is 0.500. The third-order valence-electron chi connectivity index (χ3n) is 3.15. The molecule has 0 saturated heterocycles. The van der Waals surface area contributed by atoms with Gasteiger partial charge < -0.3 is 20.3 Å². The molecule has 1 aromatic rings. The highest BCUT2D eigenvalue weighted by Crippen LogP contribution is 2.27. The van der Waals surface area contributed by atoms with Crippen molar-refractivity contribution in [1.29, 1.82) is 0 Å². The van der Waals surface area contributed by atoms with Crippen LogP contribution in [0.1, 0.15) is 24.2 Å². The molecule has 22 heavy (non-hydrogen) atoms. The standard InChI is InChI=1S/C16H25N3O3/c1-6-22-14-8-7-12(16(21)19(4)5)9-13(14)18-15(20)11(2)10-17-3/h7-9,11,17H,6,10H2,1-5H3,(H,18,20). The van der Waals surface area contributed by atoms with Crippen molar-refractivity contribution >= 4 is 17.5 Å². The first-order valence-corrected chi connectivity index (χ1v) is 7.34. The molecule has 0 aliphatic carbocycles. The van der Waals surface area contributed by atoms with Gasteiger partial charge in [-0.2, -0.15) is 0 Å². The first-order chi connectivity index (χ1) is 10.4. The summed E-state index contributed by atoms with van der Waals surface area (Å²) in [5.74, 6) is 0.127. The lowest BCUT2D eigenvalue weighted by molar-refractivity contribution is -0.119. The van der Waals surface area contributed by atoms with E-state index >= 15 is 0 Å². The monoisotopic (exact) mass is 307 g/mol.